The number of hydrogen-bond donors (Lipinski definition) is 1. The first-order chi connectivity index (χ1) is 29.2. The lowest BCUT2D eigenvalue weighted by Gasteiger charge is -2.12. The van der Waals surface area contributed by atoms with Gasteiger partial charge in [-0.2, -0.15) is 0 Å². The van der Waals surface area contributed by atoms with Gasteiger partial charge in [-0.25, -0.2) is 24.0 Å². The first-order valence-electron chi connectivity index (χ1n) is 18.2. The van der Waals surface area contributed by atoms with Gasteiger partial charge in [0.1, 0.15) is 28.7 Å². The van der Waals surface area contributed by atoms with Crippen molar-refractivity contribution < 1.29 is 52.5 Å². The van der Waals surface area contributed by atoms with Crippen molar-refractivity contribution in [3.63, 3.8) is 0 Å². The highest BCUT2D eigenvalue weighted by Crippen LogP contribution is 2.25. The largest absolute Gasteiger partial charge is 0.423 e. The maximum Gasteiger partial charge on any atom is 0.343 e. The summed E-state index contributed by atoms with van der Waals surface area (Å²) in [7, 11) is 0. The van der Waals surface area contributed by atoms with Crippen LogP contribution in [0.4, 0.5) is 5.69 Å². The van der Waals surface area contributed by atoms with Crippen LogP contribution in [0.3, 0.4) is 0 Å². The Morgan fingerprint density at radius 3 is 0.983 bits per heavy atom. The van der Waals surface area contributed by atoms with E-state index >= 15 is 0 Å². The average molecular weight is 798 g/mol. The van der Waals surface area contributed by atoms with Gasteiger partial charge in [-0.05, 0) is 127 Å². The molecular weight excluding hydrogens is 767 g/mol. The second kappa shape index (κ2) is 18.5. The van der Waals surface area contributed by atoms with Crippen LogP contribution in [0.5, 0.6) is 28.7 Å². The fraction of sp³-hybridized carbons (Fsp3) is 0. The molecule has 0 unspecified atom stereocenters. The number of anilines is 1. The third-order valence-corrected chi connectivity index (χ3v) is 8.51. The highest BCUT2D eigenvalue weighted by atomic mass is 16.6. The van der Waals surface area contributed by atoms with Gasteiger partial charge in [-0.3, -0.25) is 4.79 Å². The smallest absolute Gasteiger partial charge is 0.343 e. The molecule has 1 amide bonds. The molecule has 0 atom stereocenters. The van der Waals surface area contributed by atoms with Crippen molar-refractivity contribution in [1.29, 1.82) is 0 Å². The summed E-state index contributed by atoms with van der Waals surface area (Å²) in [4.78, 5) is 77.8. The first-order valence-corrected chi connectivity index (χ1v) is 18.2. The number of amides is 1. The van der Waals surface area contributed by atoms with Crippen LogP contribution in [0.2, 0.25) is 0 Å². The molecule has 0 fully saturated rings. The molecule has 12 heteroatoms. The van der Waals surface area contributed by atoms with E-state index in [1.807, 2.05) is 0 Å². The van der Waals surface area contributed by atoms with E-state index in [9.17, 15) is 28.8 Å². The number of hydrogen-bond acceptors (Lipinski definition) is 11. The zero-order valence-electron chi connectivity index (χ0n) is 31.3. The number of ether oxygens (including phenoxy) is 5. The summed E-state index contributed by atoms with van der Waals surface area (Å²) in [5.74, 6) is -3.54. The lowest BCUT2D eigenvalue weighted by Crippen LogP contribution is -2.16. The van der Waals surface area contributed by atoms with Crippen LogP contribution in [-0.4, -0.2) is 35.8 Å². The molecule has 0 bridgehead atoms. The van der Waals surface area contributed by atoms with Crippen LogP contribution in [0.25, 0.3) is 0 Å². The lowest BCUT2D eigenvalue weighted by atomic mass is 10.1. The molecule has 7 aromatic rings. The summed E-state index contributed by atoms with van der Waals surface area (Å²) in [6.45, 7) is 0. The predicted molar refractivity (Wildman–Crippen MR) is 218 cm³/mol. The van der Waals surface area contributed by atoms with Gasteiger partial charge in [-0.1, -0.05) is 54.6 Å². The average Bonchev–Trinajstić information content (AvgIpc) is 3.28. The molecule has 0 radical (unpaired) electrons. The van der Waals surface area contributed by atoms with Gasteiger partial charge < -0.3 is 29.0 Å². The van der Waals surface area contributed by atoms with Crippen LogP contribution in [0.1, 0.15) is 62.1 Å². The van der Waals surface area contributed by atoms with Gasteiger partial charge in [0, 0.05) is 11.3 Å². The molecular formula is C48H31NO11. The highest BCUT2D eigenvalue weighted by molar-refractivity contribution is 6.06. The minimum atomic E-state index is -0.898. The van der Waals surface area contributed by atoms with Crippen LogP contribution < -0.4 is 29.0 Å². The number of rotatable bonds is 12. The molecule has 0 aliphatic rings. The summed E-state index contributed by atoms with van der Waals surface area (Å²) in [6, 6.07) is 46.4. The Bertz CT molecular complexity index is 2540. The second-order valence-corrected chi connectivity index (χ2v) is 12.8. The van der Waals surface area contributed by atoms with Crippen molar-refractivity contribution in [1.82, 2.24) is 0 Å². The number of carbonyl (C=O) groups excluding carboxylic acids is 6. The van der Waals surface area contributed by atoms with E-state index in [2.05, 4.69) is 5.32 Å². The summed E-state index contributed by atoms with van der Waals surface area (Å²) in [5, 5.41) is 2.71. The zero-order chi connectivity index (χ0) is 41.8. The Labute approximate surface area is 342 Å². The molecule has 7 rings (SSSR count). The maximum atomic E-state index is 13.6. The summed E-state index contributed by atoms with van der Waals surface area (Å²) in [6.07, 6.45) is 0. The molecule has 0 saturated carbocycles. The van der Waals surface area contributed by atoms with E-state index < -0.39 is 35.8 Å². The number of nitrogens with one attached hydrogen (secondary N) is 1. The van der Waals surface area contributed by atoms with Gasteiger partial charge >= 0.3 is 29.8 Å². The molecule has 12 nitrogen and oxygen atoms in total. The molecule has 0 saturated heterocycles. The molecule has 0 heterocycles. The monoisotopic (exact) mass is 797 g/mol. The number of benzene rings is 7. The number of esters is 5. The van der Waals surface area contributed by atoms with Gasteiger partial charge in [0.2, 0.25) is 0 Å². The van der Waals surface area contributed by atoms with Gasteiger partial charge in [0.25, 0.3) is 5.91 Å². The number of carbonyl (C=O) groups is 6. The minimum absolute atomic E-state index is 0.0711. The normalized spacial score (nSPS) is 10.4. The first kappa shape index (κ1) is 39.6. The van der Waals surface area contributed by atoms with Crippen LogP contribution >= 0.6 is 0 Å². The molecule has 294 valence electrons. The Balaban J connectivity index is 1.07. The fourth-order valence-corrected chi connectivity index (χ4v) is 5.50. The van der Waals surface area contributed by atoms with E-state index in [0.717, 1.165) is 0 Å². The maximum absolute atomic E-state index is 13.6. The highest BCUT2D eigenvalue weighted by Gasteiger charge is 2.19. The molecule has 7 aromatic carbocycles. The van der Waals surface area contributed by atoms with Crippen molar-refractivity contribution in [2.45, 2.75) is 0 Å². The Hall–Kier alpha value is -8.64. The topological polar surface area (TPSA) is 161 Å². The van der Waals surface area contributed by atoms with E-state index in [-0.39, 0.29) is 45.4 Å². The Kier molecular flexibility index (Phi) is 12.2. The molecule has 60 heavy (non-hydrogen) atoms. The zero-order valence-corrected chi connectivity index (χ0v) is 31.3. The quantitative estimate of drug-likeness (QED) is 0.0928. The van der Waals surface area contributed by atoms with E-state index in [1.165, 1.54) is 91.0 Å². The molecule has 0 spiro atoms. The van der Waals surface area contributed by atoms with Crippen molar-refractivity contribution in [2.75, 3.05) is 5.32 Å². The lowest BCUT2D eigenvalue weighted by molar-refractivity contribution is 0.0712. The van der Waals surface area contributed by atoms with Crippen molar-refractivity contribution >= 4 is 41.4 Å². The molecule has 1 N–H and O–H groups in total. The van der Waals surface area contributed by atoms with Gasteiger partial charge in [0.15, 0.2) is 0 Å². The SMILES string of the molecule is O=C(Nc1ccc(OC(=O)c2ccccc2)cc1)c1cc(OC(=O)c2ccc(OC(=O)c3ccccc3)cc2)cc(C(=O)Oc2ccc(OC(=O)c3ccccc3)cc2)c1. The summed E-state index contributed by atoms with van der Waals surface area (Å²) < 4.78 is 27.4. The van der Waals surface area contributed by atoms with Crippen LogP contribution in [0.15, 0.2) is 182 Å². The van der Waals surface area contributed by atoms with Gasteiger partial charge in [-0.15, -0.1) is 0 Å². The van der Waals surface area contributed by atoms with Gasteiger partial charge in [0.05, 0.1) is 27.8 Å². The van der Waals surface area contributed by atoms with Crippen molar-refractivity contribution in [2.24, 2.45) is 0 Å². The fourth-order valence-electron chi connectivity index (χ4n) is 5.50. The minimum Gasteiger partial charge on any atom is -0.423 e. The van der Waals surface area contributed by atoms with Crippen LogP contribution in [0, 0.1) is 0 Å². The third kappa shape index (κ3) is 10.4. The summed E-state index contributed by atoms with van der Waals surface area (Å²) >= 11 is 0. The molecule has 0 aromatic heterocycles. The Morgan fingerprint density at radius 2 is 0.583 bits per heavy atom. The van der Waals surface area contributed by atoms with Crippen LogP contribution in [-0.2, 0) is 0 Å². The predicted octanol–water partition coefficient (Wildman–Crippen LogP) is 9.03. The molecule has 0 aliphatic carbocycles. The second-order valence-electron chi connectivity index (χ2n) is 12.8. The van der Waals surface area contributed by atoms with Crippen molar-refractivity contribution in [3.05, 3.63) is 215 Å². The van der Waals surface area contributed by atoms with E-state index in [0.29, 0.717) is 22.4 Å². The Morgan fingerprint density at radius 1 is 0.283 bits per heavy atom. The summed E-state index contributed by atoms with van der Waals surface area (Å²) in [5.41, 5.74) is 1.27. The third-order valence-electron chi connectivity index (χ3n) is 8.51. The van der Waals surface area contributed by atoms with Crippen molar-refractivity contribution in [3.8, 4) is 28.7 Å². The van der Waals surface area contributed by atoms with E-state index in [1.54, 1.807) is 91.0 Å². The molecule has 0 aliphatic heterocycles. The standard InChI is InChI=1S/C48H31NO11/c50-43(49-37-18-22-39(23-19-37)57-45(52)32-12-6-2-7-13-32)35-28-36(48(55)59-41-26-24-40(25-27-41)58-46(53)33-14-8-3-9-15-33)30-42(29-35)60-47(54)34-16-20-38(21-17-34)56-44(51)31-10-4-1-5-11-31/h1-30H,(H,49,50). The van der Waals surface area contributed by atoms with E-state index in [4.69, 9.17) is 23.7 Å².